The molecule has 0 bridgehead atoms. The predicted octanol–water partition coefficient (Wildman–Crippen LogP) is 4.20. The SMILES string of the molecule is Cc1cc(Br)ccc1-c1noc(-c2ccc(F)c(N)c2)n1. The topological polar surface area (TPSA) is 64.9 Å². The van der Waals surface area contributed by atoms with E-state index in [0.717, 1.165) is 15.6 Å². The number of hydrogen-bond acceptors (Lipinski definition) is 4. The normalized spacial score (nSPS) is 10.8. The number of rotatable bonds is 2. The third kappa shape index (κ3) is 2.67. The van der Waals surface area contributed by atoms with E-state index >= 15 is 0 Å². The van der Waals surface area contributed by atoms with Crippen LogP contribution in [0.2, 0.25) is 0 Å². The van der Waals surface area contributed by atoms with Crippen molar-refractivity contribution in [3.63, 3.8) is 0 Å². The van der Waals surface area contributed by atoms with Crippen LogP contribution in [-0.4, -0.2) is 10.1 Å². The molecule has 0 spiro atoms. The van der Waals surface area contributed by atoms with Gasteiger partial charge in [-0.2, -0.15) is 4.98 Å². The van der Waals surface area contributed by atoms with Gasteiger partial charge in [-0.05, 0) is 48.9 Å². The van der Waals surface area contributed by atoms with E-state index in [4.69, 9.17) is 10.3 Å². The molecule has 0 radical (unpaired) electrons. The highest BCUT2D eigenvalue weighted by atomic mass is 79.9. The Labute approximate surface area is 128 Å². The molecule has 2 N–H and O–H groups in total. The number of hydrogen-bond donors (Lipinski definition) is 1. The fraction of sp³-hybridized carbons (Fsp3) is 0.0667. The van der Waals surface area contributed by atoms with Gasteiger partial charge < -0.3 is 10.3 Å². The molecular formula is C15H11BrFN3O. The molecule has 3 rings (SSSR count). The van der Waals surface area contributed by atoms with Crippen molar-refractivity contribution in [3.8, 4) is 22.8 Å². The minimum Gasteiger partial charge on any atom is -0.396 e. The third-order valence-corrected chi connectivity index (χ3v) is 3.59. The number of halogens is 2. The maximum atomic E-state index is 13.2. The van der Waals surface area contributed by atoms with Gasteiger partial charge in [-0.15, -0.1) is 0 Å². The van der Waals surface area contributed by atoms with E-state index in [0.29, 0.717) is 17.3 Å². The summed E-state index contributed by atoms with van der Waals surface area (Å²) in [6.07, 6.45) is 0. The Morgan fingerprint density at radius 3 is 2.71 bits per heavy atom. The first-order valence-corrected chi connectivity index (χ1v) is 6.99. The van der Waals surface area contributed by atoms with Crippen LogP contribution in [0.25, 0.3) is 22.8 Å². The van der Waals surface area contributed by atoms with Gasteiger partial charge in [0.05, 0.1) is 5.69 Å². The summed E-state index contributed by atoms with van der Waals surface area (Å²) in [4.78, 5) is 4.34. The summed E-state index contributed by atoms with van der Waals surface area (Å²) in [6.45, 7) is 1.96. The largest absolute Gasteiger partial charge is 0.396 e. The molecule has 0 amide bonds. The number of aryl methyl sites for hydroxylation is 1. The second-order valence-electron chi connectivity index (χ2n) is 4.62. The molecule has 6 heteroatoms. The monoisotopic (exact) mass is 347 g/mol. The Balaban J connectivity index is 2.01. The van der Waals surface area contributed by atoms with Crippen LogP contribution in [0.5, 0.6) is 0 Å². The summed E-state index contributed by atoms with van der Waals surface area (Å²) in [7, 11) is 0. The molecule has 1 heterocycles. The van der Waals surface area contributed by atoms with Crippen LogP contribution in [0.3, 0.4) is 0 Å². The molecule has 0 unspecified atom stereocenters. The van der Waals surface area contributed by atoms with E-state index < -0.39 is 5.82 Å². The Kier molecular flexibility index (Phi) is 3.47. The van der Waals surface area contributed by atoms with Crippen LogP contribution in [0.4, 0.5) is 10.1 Å². The second-order valence-corrected chi connectivity index (χ2v) is 5.53. The average molecular weight is 348 g/mol. The zero-order valence-corrected chi connectivity index (χ0v) is 12.7. The van der Waals surface area contributed by atoms with Gasteiger partial charge in [-0.3, -0.25) is 0 Å². The van der Waals surface area contributed by atoms with Crippen molar-refractivity contribution < 1.29 is 8.91 Å². The van der Waals surface area contributed by atoms with E-state index in [1.165, 1.54) is 12.1 Å². The molecule has 0 aliphatic carbocycles. The van der Waals surface area contributed by atoms with Gasteiger partial charge in [0.1, 0.15) is 5.82 Å². The first-order chi connectivity index (χ1) is 10.0. The Hall–Kier alpha value is -2.21. The van der Waals surface area contributed by atoms with Crippen molar-refractivity contribution in [1.29, 1.82) is 0 Å². The smallest absolute Gasteiger partial charge is 0.258 e. The molecule has 106 valence electrons. The molecule has 0 saturated carbocycles. The second kappa shape index (κ2) is 5.29. The van der Waals surface area contributed by atoms with E-state index in [1.54, 1.807) is 6.07 Å². The highest BCUT2D eigenvalue weighted by molar-refractivity contribution is 9.10. The van der Waals surface area contributed by atoms with Gasteiger partial charge in [0.25, 0.3) is 5.89 Å². The lowest BCUT2D eigenvalue weighted by Gasteiger charge is -2.00. The Morgan fingerprint density at radius 1 is 1.19 bits per heavy atom. The molecule has 0 fully saturated rings. The molecular weight excluding hydrogens is 337 g/mol. The van der Waals surface area contributed by atoms with Crippen molar-refractivity contribution >= 4 is 21.6 Å². The first kappa shape index (κ1) is 13.8. The molecule has 0 aliphatic rings. The lowest BCUT2D eigenvalue weighted by atomic mass is 10.1. The molecule has 0 aliphatic heterocycles. The summed E-state index contributed by atoms with van der Waals surface area (Å²) in [5, 5.41) is 3.97. The Morgan fingerprint density at radius 2 is 2.00 bits per heavy atom. The van der Waals surface area contributed by atoms with Crippen LogP contribution in [-0.2, 0) is 0 Å². The lowest BCUT2D eigenvalue weighted by molar-refractivity contribution is 0.432. The van der Waals surface area contributed by atoms with Gasteiger partial charge in [-0.1, -0.05) is 21.1 Å². The van der Waals surface area contributed by atoms with Crippen molar-refractivity contribution in [2.75, 3.05) is 5.73 Å². The number of nitrogens with two attached hydrogens (primary N) is 1. The standard InChI is InChI=1S/C15H11BrFN3O/c1-8-6-10(16)3-4-11(8)14-19-15(21-20-14)9-2-5-12(17)13(18)7-9/h2-7H,18H2,1H3. The molecule has 2 aromatic carbocycles. The summed E-state index contributed by atoms with van der Waals surface area (Å²) in [5.74, 6) is 0.319. The summed E-state index contributed by atoms with van der Waals surface area (Å²) in [6, 6.07) is 10.1. The van der Waals surface area contributed by atoms with Gasteiger partial charge in [0, 0.05) is 15.6 Å². The van der Waals surface area contributed by atoms with E-state index in [2.05, 4.69) is 26.1 Å². The predicted molar refractivity (Wildman–Crippen MR) is 82.0 cm³/mol. The van der Waals surface area contributed by atoms with E-state index in [1.807, 2.05) is 25.1 Å². The fourth-order valence-electron chi connectivity index (χ4n) is 2.00. The fourth-order valence-corrected chi connectivity index (χ4v) is 2.48. The first-order valence-electron chi connectivity index (χ1n) is 6.20. The van der Waals surface area contributed by atoms with Crippen molar-refractivity contribution in [2.24, 2.45) is 0 Å². The molecule has 21 heavy (non-hydrogen) atoms. The van der Waals surface area contributed by atoms with Gasteiger partial charge >= 0.3 is 0 Å². The van der Waals surface area contributed by atoms with Gasteiger partial charge in [-0.25, -0.2) is 4.39 Å². The molecule has 1 aromatic heterocycles. The van der Waals surface area contributed by atoms with Crippen molar-refractivity contribution in [2.45, 2.75) is 6.92 Å². The number of nitrogen functional groups attached to an aromatic ring is 1. The van der Waals surface area contributed by atoms with Crippen LogP contribution >= 0.6 is 15.9 Å². The Bertz CT molecular complexity index is 816. The minimum atomic E-state index is -0.470. The number of anilines is 1. The zero-order valence-electron chi connectivity index (χ0n) is 11.1. The molecule has 0 atom stereocenters. The van der Waals surface area contributed by atoms with Crippen LogP contribution < -0.4 is 5.73 Å². The summed E-state index contributed by atoms with van der Waals surface area (Å²) < 4.78 is 19.4. The van der Waals surface area contributed by atoms with E-state index in [9.17, 15) is 4.39 Å². The van der Waals surface area contributed by atoms with E-state index in [-0.39, 0.29) is 5.69 Å². The highest BCUT2D eigenvalue weighted by Crippen LogP contribution is 2.27. The van der Waals surface area contributed by atoms with Crippen LogP contribution in [0.15, 0.2) is 45.4 Å². The number of aromatic nitrogens is 2. The van der Waals surface area contributed by atoms with Crippen LogP contribution in [0.1, 0.15) is 5.56 Å². The molecule has 3 aromatic rings. The molecule has 4 nitrogen and oxygen atoms in total. The minimum absolute atomic E-state index is 0.0482. The lowest BCUT2D eigenvalue weighted by Crippen LogP contribution is -1.91. The maximum Gasteiger partial charge on any atom is 0.258 e. The number of benzene rings is 2. The van der Waals surface area contributed by atoms with Crippen LogP contribution in [0, 0.1) is 12.7 Å². The van der Waals surface area contributed by atoms with Crippen molar-refractivity contribution in [3.05, 3.63) is 52.3 Å². The third-order valence-electron chi connectivity index (χ3n) is 3.10. The zero-order chi connectivity index (χ0) is 15.0. The average Bonchev–Trinajstić information content (AvgIpc) is 2.91. The number of nitrogens with zero attached hydrogens (tertiary/aromatic N) is 2. The summed E-state index contributed by atoms with van der Waals surface area (Å²) in [5.41, 5.74) is 8.08. The summed E-state index contributed by atoms with van der Waals surface area (Å²) >= 11 is 3.41. The van der Waals surface area contributed by atoms with Gasteiger partial charge in [0.15, 0.2) is 0 Å². The maximum absolute atomic E-state index is 13.2. The van der Waals surface area contributed by atoms with Crippen molar-refractivity contribution in [1.82, 2.24) is 10.1 Å². The highest BCUT2D eigenvalue weighted by Gasteiger charge is 2.13. The van der Waals surface area contributed by atoms with Gasteiger partial charge in [0.2, 0.25) is 5.82 Å². The molecule has 0 saturated heterocycles. The quantitative estimate of drug-likeness (QED) is 0.705.